The Labute approximate surface area is 131 Å². The number of carbonyl (C=O) groups is 1. The Kier molecular flexibility index (Phi) is 4.23. The average Bonchev–Trinajstić information content (AvgIpc) is 3.08. The minimum atomic E-state index is -0.438. The van der Waals surface area contributed by atoms with E-state index in [1.807, 2.05) is 6.07 Å². The largest absolute Gasteiger partial charge is 0.366 e. The fraction of sp³-hybridized carbons (Fsp3) is 0.588. The van der Waals surface area contributed by atoms with Gasteiger partial charge in [0, 0.05) is 23.2 Å². The molecule has 1 aromatic carbocycles. The van der Waals surface area contributed by atoms with E-state index in [0.717, 1.165) is 29.9 Å². The molecular weight excluding hydrogens is 284 g/mol. The molecule has 4 atom stereocenters. The molecule has 2 aliphatic carbocycles. The van der Waals surface area contributed by atoms with Crippen molar-refractivity contribution in [2.45, 2.75) is 45.2 Å². The van der Waals surface area contributed by atoms with E-state index < -0.39 is 5.91 Å². The van der Waals surface area contributed by atoms with Crippen LogP contribution in [0.3, 0.4) is 0 Å². The van der Waals surface area contributed by atoms with Gasteiger partial charge in [0.15, 0.2) is 0 Å². The number of nitrogens with one attached hydrogen (secondary N) is 1. The van der Waals surface area contributed by atoms with Gasteiger partial charge < -0.3 is 11.1 Å². The van der Waals surface area contributed by atoms with Gasteiger partial charge in [-0.3, -0.25) is 4.79 Å². The molecule has 1 aromatic rings. The normalized spacial score (nSPS) is 28.8. The van der Waals surface area contributed by atoms with Gasteiger partial charge >= 0.3 is 0 Å². The maximum Gasteiger partial charge on any atom is 0.248 e. The van der Waals surface area contributed by atoms with Crippen LogP contribution in [0.2, 0.25) is 5.02 Å². The smallest absolute Gasteiger partial charge is 0.248 e. The average molecular weight is 307 g/mol. The lowest BCUT2D eigenvalue weighted by Crippen LogP contribution is -2.35. The van der Waals surface area contributed by atoms with E-state index in [0.29, 0.717) is 16.6 Å². The van der Waals surface area contributed by atoms with Crippen molar-refractivity contribution in [1.29, 1.82) is 0 Å². The number of primary amides is 1. The van der Waals surface area contributed by atoms with Crippen LogP contribution in [0, 0.1) is 17.8 Å². The summed E-state index contributed by atoms with van der Waals surface area (Å²) in [6.45, 7) is 3.03. The van der Waals surface area contributed by atoms with Crippen LogP contribution in [0.1, 0.15) is 48.5 Å². The van der Waals surface area contributed by atoms with Gasteiger partial charge in [-0.15, -0.1) is 0 Å². The topological polar surface area (TPSA) is 55.1 Å². The summed E-state index contributed by atoms with van der Waals surface area (Å²) in [7, 11) is 0. The lowest BCUT2D eigenvalue weighted by Gasteiger charge is -2.28. The van der Waals surface area contributed by atoms with Crippen LogP contribution < -0.4 is 11.1 Å². The number of nitrogens with two attached hydrogens (primary N) is 1. The number of benzene rings is 1. The molecule has 0 spiro atoms. The van der Waals surface area contributed by atoms with E-state index in [-0.39, 0.29) is 0 Å². The minimum absolute atomic E-state index is 0.438. The number of fused-ring (bicyclic) bond motifs is 2. The quantitative estimate of drug-likeness (QED) is 0.876. The van der Waals surface area contributed by atoms with Crippen LogP contribution in [0.4, 0.5) is 0 Å². The molecule has 0 aliphatic heterocycles. The van der Waals surface area contributed by atoms with Gasteiger partial charge in [-0.05, 0) is 61.6 Å². The van der Waals surface area contributed by atoms with E-state index >= 15 is 0 Å². The number of hydrogen-bond acceptors (Lipinski definition) is 2. The standard InChI is InChI=1S/C17H23ClN2O/c1-10(15-7-11-2-3-12(15)6-11)20-9-14-5-4-13(17(19)21)8-16(14)18/h4-5,8,10-12,15,20H,2-3,6-7,9H2,1H3,(H2,19,21). The van der Waals surface area contributed by atoms with Crippen LogP contribution in [0.15, 0.2) is 18.2 Å². The van der Waals surface area contributed by atoms with E-state index in [4.69, 9.17) is 17.3 Å². The summed E-state index contributed by atoms with van der Waals surface area (Å²) in [6.07, 6.45) is 5.67. The van der Waals surface area contributed by atoms with Crippen molar-refractivity contribution in [3.05, 3.63) is 34.3 Å². The number of carbonyl (C=O) groups excluding carboxylic acids is 1. The first-order valence-corrected chi connectivity index (χ1v) is 8.24. The van der Waals surface area contributed by atoms with Gasteiger partial charge in [0.1, 0.15) is 0 Å². The first kappa shape index (κ1) is 14.9. The fourth-order valence-electron chi connectivity index (χ4n) is 4.17. The van der Waals surface area contributed by atoms with Crippen molar-refractivity contribution in [1.82, 2.24) is 5.32 Å². The van der Waals surface area contributed by atoms with Crippen LogP contribution in [-0.2, 0) is 6.54 Å². The minimum Gasteiger partial charge on any atom is -0.366 e. The Morgan fingerprint density at radius 2 is 2.24 bits per heavy atom. The number of rotatable bonds is 5. The van der Waals surface area contributed by atoms with Crippen LogP contribution in [0.25, 0.3) is 0 Å². The summed E-state index contributed by atoms with van der Waals surface area (Å²) in [6, 6.07) is 5.81. The summed E-state index contributed by atoms with van der Waals surface area (Å²) in [4.78, 5) is 11.1. The molecule has 0 aromatic heterocycles. The van der Waals surface area contributed by atoms with E-state index in [1.165, 1.54) is 25.7 Å². The Morgan fingerprint density at radius 1 is 1.43 bits per heavy atom. The Balaban J connectivity index is 1.58. The molecule has 3 rings (SSSR count). The molecular formula is C17H23ClN2O. The molecule has 4 heteroatoms. The molecule has 0 radical (unpaired) electrons. The second-order valence-electron chi connectivity index (χ2n) is 6.68. The van der Waals surface area contributed by atoms with Gasteiger partial charge in [0.2, 0.25) is 5.91 Å². The predicted molar refractivity (Wildman–Crippen MR) is 85.2 cm³/mol. The molecule has 1 amide bonds. The molecule has 4 unspecified atom stereocenters. The van der Waals surface area contributed by atoms with Crippen molar-refractivity contribution in [3.63, 3.8) is 0 Å². The summed E-state index contributed by atoms with van der Waals surface area (Å²) < 4.78 is 0. The van der Waals surface area contributed by atoms with Gasteiger partial charge in [-0.25, -0.2) is 0 Å². The van der Waals surface area contributed by atoms with Gasteiger partial charge in [-0.1, -0.05) is 24.1 Å². The van der Waals surface area contributed by atoms with E-state index in [2.05, 4.69) is 12.2 Å². The molecule has 3 N–H and O–H groups in total. The zero-order valence-corrected chi connectivity index (χ0v) is 13.2. The molecule has 0 heterocycles. The zero-order valence-electron chi connectivity index (χ0n) is 12.4. The second kappa shape index (κ2) is 5.98. The first-order valence-electron chi connectivity index (χ1n) is 7.86. The third kappa shape index (κ3) is 3.09. The highest BCUT2D eigenvalue weighted by molar-refractivity contribution is 6.31. The van der Waals surface area contributed by atoms with Crippen molar-refractivity contribution < 1.29 is 4.79 Å². The summed E-state index contributed by atoms with van der Waals surface area (Å²) in [5, 5.41) is 4.22. The van der Waals surface area contributed by atoms with Crippen molar-refractivity contribution in [2.24, 2.45) is 23.5 Å². The van der Waals surface area contributed by atoms with Crippen LogP contribution in [-0.4, -0.2) is 11.9 Å². The summed E-state index contributed by atoms with van der Waals surface area (Å²) in [5.41, 5.74) is 6.75. The number of halogens is 1. The molecule has 3 nitrogen and oxygen atoms in total. The molecule has 2 saturated carbocycles. The Hall–Kier alpha value is -1.06. The summed E-state index contributed by atoms with van der Waals surface area (Å²) >= 11 is 6.23. The fourth-order valence-corrected chi connectivity index (χ4v) is 4.42. The molecule has 21 heavy (non-hydrogen) atoms. The maximum absolute atomic E-state index is 11.1. The number of hydrogen-bond donors (Lipinski definition) is 2. The highest BCUT2D eigenvalue weighted by Crippen LogP contribution is 2.49. The van der Waals surface area contributed by atoms with E-state index in [1.54, 1.807) is 12.1 Å². The van der Waals surface area contributed by atoms with E-state index in [9.17, 15) is 4.79 Å². The lowest BCUT2D eigenvalue weighted by molar-refractivity contribution is 0.100. The molecule has 2 fully saturated rings. The van der Waals surface area contributed by atoms with Crippen LogP contribution >= 0.6 is 11.6 Å². The maximum atomic E-state index is 11.1. The van der Waals surface area contributed by atoms with Gasteiger partial charge in [0.25, 0.3) is 0 Å². The SMILES string of the molecule is CC(NCc1ccc(C(N)=O)cc1Cl)C1CC2CCC1C2. The molecule has 2 bridgehead atoms. The van der Waals surface area contributed by atoms with Crippen LogP contribution in [0.5, 0.6) is 0 Å². The van der Waals surface area contributed by atoms with Crippen molar-refractivity contribution in [2.75, 3.05) is 0 Å². The molecule has 2 aliphatic rings. The predicted octanol–water partition coefficient (Wildman–Crippen LogP) is 3.35. The Bertz CT molecular complexity index is 546. The third-order valence-electron chi connectivity index (χ3n) is 5.39. The van der Waals surface area contributed by atoms with Crippen molar-refractivity contribution in [3.8, 4) is 0 Å². The molecule has 0 saturated heterocycles. The Morgan fingerprint density at radius 3 is 2.81 bits per heavy atom. The highest BCUT2D eigenvalue weighted by atomic mass is 35.5. The first-order chi connectivity index (χ1) is 10.0. The second-order valence-corrected chi connectivity index (χ2v) is 7.09. The monoisotopic (exact) mass is 306 g/mol. The lowest BCUT2D eigenvalue weighted by atomic mass is 9.84. The van der Waals surface area contributed by atoms with Gasteiger partial charge in [0.05, 0.1) is 0 Å². The van der Waals surface area contributed by atoms with Gasteiger partial charge in [-0.2, -0.15) is 0 Å². The third-order valence-corrected chi connectivity index (χ3v) is 5.74. The van der Waals surface area contributed by atoms with Crippen molar-refractivity contribution >= 4 is 17.5 Å². The summed E-state index contributed by atoms with van der Waals surface area (Å²) in [5.74, 6) is 2.27. The highest BCUT2D eigenvalue weighted by Gasteiger charge is 2.41. The molecule has 114 valence electrons. The zero-order chi connectivity index (χ0) is 15.0. The number of amides is 1.